The summed E-state index contributed by atoms with van der Waals surface area (Å²) in [5, 5.41) is 6.50. The van der Waals surface area contributed by atoms with Gasteiger partial charge in [0.15, 0.2) is 0 Å². The minimum absolute atomic E-state index is 0.127. The van der Waals surface area contributed by atoms with E-state index in [1.165, 1.54) is 0 Å². The minimum Gasteiger partial charge on any atom is -0.351 e. The third-order valence-electron chi connectivity index (χ3n) is 2.23. The molecule has 0 aromatic heterocycles. The zero-order valence-corrected chi connectivity index (χ0v) is 9.01. The number of carbonyl (C=O) groups is 2. The first-order valence-corrected chi connectivity index (χ1v) is 5.37. The molecule has 1 aliphatic rings. The topological polar surface area (TPSA) is 70.6 Å². The smallest absolute Gasteiger partial charge is 0.267 e. The molecule has 1 aliphatic heterocycles. The van der Waals surface area contributed by atoms with Crippen molar-refractivity contribution in [2.24, 2.45) is 5.10 Å². The molecule has 0 atom stereocenters. The first kappa shape index (κ1) is 11.7. The van der Waals surface area contributed by atoms with Crippen LogP contribution in [0.5, 0.6) is 0 Å². The highest BCUT2D eigenvalue weighted by atomic mass is 16.2. The number of hydrazone groups is 1. The maximum Gasteiger partial charge on any atom is 0.267 e. The Morgan fingerprint density at radius 3 is 2.87 bits per heavy atom. The van der Waals surface area contributed by atoms with Gasteiger partial charge < -0.3 is 5.32 Å². The van der Waals surface area contributed by atoms with Crippen molar-refractivity contribution in [3.8, 4) is 0 Å². The second kappa shape index (κ2) is 6.16. The number of rotatable bonds is 5. The summed E-state index contributed by atoms with van der Waals surface area (Å²) >= 11 is 0. The Morgan fingerprint density at radius 2 is 2.27 bits per heavy atom. The molecule has 0 saturated heterocycles. The lowest BCUT2D eigenvalue weighted by molar-refractivity contribution is -0.121. The number of unbranched alkanes of at least 4 members (excludes halogenated alkanes) is 2. The quantitative estimate of drug-likeness (QED) is 0.652. The predicted octanol–water partition coefficient (Wildman–Crippen LogP) is 0.559. The van der Waals surface area contributed by atoms with Gasteiger partial charge in [-0.15, -0.1) is 0 Å². The van der Waals surface area contributed by atoms with Crippen molar-refractivity contribution in [2.45, 2.75) is 39.0 Å². The lowest BCUT2D eigenvalue weighted by atomic mass is 10.1. The Hall–Kier alpha value is -1.39. The Labute approximate surface area is 89.3 Å². The molecule has 84 valence electrons. The lowest BCUT2D eigenvalue weighted by Crippen LogP contribution is -2.37. The highest BCUT2D eigenvalue weighted by molar-refractivity contribution is 6.39. The first-order chi connectivity index (χ1) is 7.24. The van der Waals surface area contributed by atoms with Crippen LogP contribution in [0.1, 0.15) is 39.0 Å². The Kier molecular flexibility index (Phi) is 4.80. The van der Waals surface area contributed by atoms with E-state index in [2.05, 4.69) is 22.8 Å². The number of nitrogens with one attached hydrogen (secondary N) is 2. The Bertz CT molecular complexity index is 274. The van der Waals surface area contributed by atoms with E-state index < -0.39 is 0 Å². The van der Waals surface area contributed by atoms with Crippen LogP contribution in [-0.2, 0) is 9.59 Å². The van der Waals surface area contributed by atoms with E-state index in [0.717, 1.165) is 19.3 Å². The molecule has 0 bridgehead atoms. The molecular weight excluding hydrogens is 194 g/mol. The fourth-order valence-electron chi connectivity index (χ4n) is 1.32. The minimum atomic E-state index is -0.161. The van der Waals surface area contributed by atoms with Gasteiger partial charge in [0.05, 0.1) is 0 Å². The first-order valence-electron chi connectivity index (χ1n) is 5.37. The Morgan fingerprint density at radius 1 is 1.47 bits per heavy atom. The second-order valence-corrected chi connectivity index (χ2v) is 3.56. The number of carbonyl (C=O) groups excluding carboxylic acids is 2. The Balaban J connectivity index is 2.25. The van der Waals surface area contributed by atoms with Crippen molar-refractivity contribution in [3.05, 3.63) is 0 Å². The van der Waals surface area contributed by atoms with Crippen LogP contribution in [0.25, 0.3) is 0 Å². The van der Waals surface area contributed by atoms with Gasteiger partial charge in [0.1, 0.15) is 5.71 Å². The van der Waals surface area contributed by atoms with Crippen molar-refractivity contribution in [2.75, 3.05) is 6.54 Å². The highest BCUT2D eigenvalue weighted by Gasteiger charge is 2.17. The van der Waals surface area contributed by atoms with Crippen LogP contribution < -0.4 is 10.7 Å². The zero-order valence-electron chi connectivity index (χ0n) is 9.01. The van der Waals surface area contributed by atoms with Gasteiger partial charge in [-0.3, -0.25) is 9.59 Å². The number of amides is 2. The maximum atomic E-state index is 11.5. The molecule has 0 fully saturated rings. The van der Waals surface area contributed by atoms with Crippen LogP contribution in [0, 0.1) is 0 Å². The summed E-state index contributed by atoms with van der Waals surface area (Å²) in [7, 11) is 0. The van der Waals surface area contributed by atoms with Gasteiger partial charge in [-0.25, -0.2) is 5.43 Å². The summed E-state index contributed by atoms with van der Waals surface area (Å²) in [6.07, 6.45) is 4.02. The van der Waals surface area contributed by atoms with Crippen LogP contribution in [0.15, 0.2) is 5.10 Å². The number of nitrogens with zero attached hydrogens (tertiary/aromatic N) is 1. The largest absolute Gasteiger partial charge is 0.351 e. The fraction of sp³-hybridized carbons (Fsp3) is 0.700. The molecule has 5 heteroatoms. The molecule has 15 heavy (non-hydrogen) atoms. The van der Waals surface area contributed by atoms with Crippen LogP contribution in [0.3, 0.4) is 0 Å². The zero-order chi connectivity index (χ0) is 11.1. The van der Waals surface area contributed by atoms with Gasteiger partial charge in [-0.05, 0) is 6.42 Å². The molecule has 1 heterocycles. The van der Waals surface area contributed by atoms with E-state index in [9.17, 15) is 9.59 Å². The van der Waals surface area contributed by atoms with Crippen LogP contribution in [-0.4, -0.2) is 24.1 Å². The molecule has 0 unspecified atom stereocenters. The van der Waals surface area contributed by atoms with Gasteiger partial charge in [0.2, 0.25) is 5.91 Å². The van der Waals surface area contributed by atoms with Crippen molar-refractivity contribution in [1.29, 1.82) is 0 Å². The summed E-state index contributed by atoms with van der Waals surface area (Å²) in [6, 6.07) is 0. The van der Waals surface area contributed by atoms with Gasteiger partial charge >= 0.3 is 0 Å². The summed E-state index contributed by atoms with van der Waals surface area (Å²) in [5.41, 5.74) is 2.73. The van der Waals surface area contributed by atoms with Crippen LogP contribution in [0.4, 0.5) is 0 Å². The SMILES string of the molecule is CCCCCNC(=O)C1=NNC(=O)CC1. The summed E-state index contributed by atoms with van der Waals surface area (Å²) in [5.74, 6) is -0.288. The molecular formula is C10H17N3O2. The van der Waals surface area contributed by atoms with Crippen molar-refractivity contribution < 1.29 is 9.59 Å². The summed E-state index contributed by atoms with van der Waals surface area (Å²) in [6.45, 7) is 2.79. The van der Waals surface area contributed by atoms with Gasteiger partial charge in [-0.1, -0.05) is 19.8 Å². The molecule has 0 aromatic rings. The third kappa shape index (κ3) is 4.10. The monoisotopic (exact) mass is 211 g/mol. The molecule has 0 saturated carbocycles. The van der Waals surface area contributed by atoms with E-state index in [-0.39, 0.29) is 11.8 Å². The van der Waals surface area contributed by atoms with Gasteiger partial charge in [-0.2, -0.15) is 5.10 Å². The number of hydrogen-bond donors (Lipinski definition) is 2. The molecule has 0 spiro atoms. The van der Waals surface area contributed by atoms with Gasteiger partial charge in [0.25, 0.3) is 5.91 Å². The number of hydrogen-bond acceptors (Lipinski definition) is 3. The average Bonchev–Trinajstić information content (AvgIpc) is 2.25. The predicted molar refractivity (Wildman–Crippen MR) is 57.3 cm³/mol. The average molecular weight is 211 g/mol. The third-order valence-corrected chi connectivity index (χ3v) is 2.23. The molecule has 0 aliphatic carbocycles. The van der Waals surface area contributed by atoms with Crippen LogP contribution in [0.2, 0.25) is 0 Å². The normalized spacial score (nSPS) is 15.5. The second-order valence-electron chi connectivity index (χ2n) is 3.56. The maximum absolute atomic E-state index is 11.5. The standard InChI is InChI=1S/C10H17N3O2/c1-2-3-4-7-11-10(15)8-5-6-9(14)13-12-8/h2-7H2,1H3,(H,11,15)(H,13,14). The molecule has 2 N–H and O–H groups in total. The lowest BCUT2D eigenvalue weighted by Gasteiger charge is -2.11. The van der Waals surface area contributed by atoms with Gasteiger partial charge in [0, 0.05) is 19.4 Å². The van der Waals surface area contributed by atoms with Crippen molar-refractivity contribution in [1.82, 2.24) is 10.7 Å². The molecule has 0 radical (unpaired) electrons. The summed E-state index contributed by atoms with van der Waals surface area (Å²) < 4.78 is 0. The van der Waals surface area contributed by atoms with E-state index in [4.69, 9.17) is 0 Å². The van der Waals surface area contributed by atoms with E-state index in [1.54, 1.807) is 0 Å². The fourth-order valence-corrected chi connectivity index (χ4v) is 1.32. The highest BCUT2D eigenvalue weighted by Crippen LogP contribution is 1.99. The molecule has 1 rings (SSSR count). The van der Waals surface area contributed by atoms with Crippen molar-refractivity contribution in [3.63, 3.8) is 0 Å². The van der Waals surface area contributed by atoms with Crippen LogP contribution >= 0.6 is 0 Å². The molecule has 0 aromatic carbocycles. The van der Waals surface area contributed by atoms with E-state index in [1.807, 2.05) is 0 Å². The summed E-state index contributed by atoms with van der Waals surface area (Å²) in [4.78, 5) is 22.3. The molecule has 2 amide bonds. The van der Waals surface area contributed by atoms with Crippen molar-refractivity contribution >= 4 is 17.5 Å². The molecule has 5 nitrogen and oxygen atoms in total. The van der Waals surface area contributed by atoms with E-state index >= 15 is 0 Å². The van der Waals surface area contributed by atoms with E-state index in [0.29, 0.717) is 25.1 Å².